The highest BCUT2D eigenvalue weighted by Gasteiger charge is 2.21. The van der Waals surface area contributed by atoms with Crippen molar-refractivity contribution in [3.63, 3.8) is 0 Å². The van der Waals surface area contributed by atoms with E-state index in [2.05, 4.69) is 121 Å². The normalized spacial score (nSPS) is 11.2. The minimum absolute atomic E-state index is 0.945. The first-order valence-corrected chi connectivity index (χ1v) is 14.7. The van der Waals surface area contributed by atoms with E-state index < -0.39 is 0 Å². The summed E-state index contributed by atoms with van der Waals surface area (Å²) in [5.74, 6) is 0. The van der Waals surface area contributed by atoms with E-state index in [1.54, 1.807) is 0 Å². The number of nitrogens with one attached hydrogen (secondary N) is 1. The zero-order chi connectivity index (χ0) is 30.8. The molecule has 0 saturated heterocycles. The average molecular weight is 570 g/mol. The fourth-order valence-electron chi connectivity index (χ4n) is 6.27. The van der Waals surface area contributed by atoms with E-state index in [1.165, 1.54) is 5.56 Å². The number of hydrogen-bond donors (Lipinski definition) is 1. The number of fused-ring (bicyclic) bond motifs is 3. The Kier molecular flexibility index (Phi) is 7.70. The second-order valence-electron chi connectivity index (χ2n) is 10.6. The Balaban J connectivity index is 1.50. The molecular weight excluding hydrogens is 534 g/mol. The van der Waals surface area contributed by atoms with Crippen molar-refractivity contribution in [2.75, 3.05) is 12.4 Å². The molecule has 214 valence electrons. The van der Waals surface area contributed by atoms with Gasteiger partial charge in [-0.3, -0.25) is 4.98 Å². The number of anilines is 1. The molecule has 44 heavy (non-hydrogen) atoms. The van der Waals surface area contributed by atoms with Crippen molar-refractivity contribution in [2.45, 2.75) is 6.92 Å². The van der Waals surface area contributed by atoms with Crippen LogP contribution in [0.5, 0.6) is 0 Å². The zero-order valence-corrected chi connectivity index (χ0v) is 25.3. The lowest BCUT2D eigenvalue weighted by Gasteiger charge is -2.18. The van der Waals surface area contributed by atoms with Gasteiger partial charge in [-0.15, -0.1) is 0 Å². The maximum absolute atomic E-state index is 4.74. The topological polar surface area (TPSA) is 29.9 Å². The summed E-state index contributed by atoms with van der Waals surface area (Å²) < 4.78 is 2.24. The second-order valence-corrected chi connectivity index (χ2v) is 10.6. The molecule has 0 saturated carbocycles. The molecule has 0 radical (unpaired) electrons. The summed E-state index contributed by atoms with van der Waals surface area (Å²) in [6.45, 7) is 18.8. The van der Waals surface area contributed by atoms with Crippen molar-refractivity contribution in [3.05, 3.63) is 145 Å². The van der Waals surface area contributed by atoms with Gasteiger partial charge in [-0.05, 0) is 76.7 Å². The molecule has 0 spiro atoms. The SMILES string of the molecule is C=Cc1c(-c2ccc(-c3ccc(NC)c(/C=C\C)c3)cc2)ccc(-n2c(C=C)c(C=C)c3c4ncccc4ccc32)c1C=C. The van der Waals surface area contributed by atoms with Gasteiger partial charge in [0.2, 0.25) is 0 Å². The minimum Gasteiger partial charge on any atom is -0.388 e. The van der Waals surface area contributed by atoms with Crippen LogP contribution < -0.4 is 5.32 Å². The molecule has 0 unspecified atom stereocenters. The van der Waals surface area contributed by atoms with Crippen molar-refractivity contribution in [1.82, 2.24) is 9.55 Å². The first-order chi connectivity index (χ1) is 21.6. The van der Waals surface area contributed by atoms with Gasteiger partial charge in [0.1, 0.15) is 0 Å². The molecule has 0 fully saturated rings. The monoisotopic (exact) mass is 569 g/mol. The molecule has 6 aromatic rings. The molecule has 3 nitrogen and oxygen atoms in total. The maximum atomic E-state index is 4.74. The van der Waals surface area contributed by atoms with Crippen LogP contribution in [-0.4, -0.2) is 16.6 Å². The van der Waals surface area contributed by atoms with E-state index >= 15 is 0 Å². The van der Waals surface area contributed by atoms with Crippen LogP contribution in [0.2, 0.25) is 0 Å². The summed E-state index contributed by atoms with van der Waals surface area (Å²) in [5, 5.41) is 5.42. The Hall–Kier alpha value is -5.67. The largest absolute Gasteiger partial charge is 0.388 e. The fraction of sp³-hybridized carbons (Fsp3) is 0.0488. The lowest BCUT2D eigenvalue weighted by Crippen LogP contribution is -2.02. The molecule has 1 N–H and O–H groups in total. The van der Waals surface area contributed by atoms with Crippen molar-refractivity contribution < 1.29 is 0 Å². The van der Waals surface area contributed by atoms with Gasteiger partial charge in [0.25, 0.3) is 0 Å². The fourth-order valence-corrected chi connectivity index (χ4v) is 6.27. The molecule has 2 aromatic heterocycles. The first-order valence-electron chi connectivity index (χ1n) is 14.7. The molecule has 0 amide bonds. The molecule has 0 atom stereocenters. The maximum Gasteiger partial charge on any atom is 0.0802 e. The summed E-state index contributed by atoms with van der Waals surface area (Å²) in [4.78, 5) is 4.74. The van der Waals surface area contributed by atoms with Gasteiger partial charge in [0, 0.05) is 40.8 Å². The van der Waals surface area contributed by atoms with Gasteiger partial charge in [-0.1, -0.05) is 105 Å². The van der Waals surface area contributed by atoms with Crippen LogP contribution >= 0.6 is 0 Å². The Bertz CT molecular complexity index is 2120. The number of allylic oxidation sites excluding steroid dienone is 1. The van der Waals surface area contributed by atoms with E-state index in [1.807, 2.05) is 50.5 Å². The molecule has 0 aliphatic heterocycles. The number of hydrogen-bond acceptors (Lipinski definition) is 2. The third-order valence-corrected chi connectivity index (χ3v) is 8.29. The highest BCUT2D eigenvalue weighted by Crippen LogP contribution is 2.39. The summed E-state index contributed by atoms with van der Waals surface area (Å²) in [6, 6.07) is 27.9. The van der Waals surface area contributed by atoms with E-state index in [4.69, 9.17) is 4.98 Å². The lowest BCUT2D eigenvalue weighted by molar-refractivity contribution is 1.10. The van der Waals surface area contributed by atoms with Crippen LogP contribution in [0, 0.1) is 0 Å². The Morgan fingerprint density at radius 2 is 1.45 bits per heavy atom. The smallest absolute Gasteiger partial charge is 0.0802 e. The van der Waals surface area contributed by atoms with E-state index in [9.17, 15) is 0 Å². The average Bonchev–Trinajstić information content (AvgIpc) is 3.41. The molecule has 3 heteroatoms. The summed E-state index contributed by atoms with van der Waals surface area (Å²) in [6.07, 6.45) is 13.7. The second kappa shape index (κ2) is 11.9. The quantitative estimate of drug-likeness (QED) is 0.188. The molecule has 4 aromatic carbocycles. The van der Waals surface area contributed by atoms with Crippen LogP contribution in [0.15, 0.2) is 117 Å². The number of pyridine rings is 1. The standard InChI is InChI=1S/C41H35N3/c1-7-13-31-26-30(19-22-36(31)42-6)27-15-17-28(18-16-27)35-21-24-38(33(9-3)32(35)8-2)44-37(11-5)34(10-4)40-39(44)23-20-29-14-12-25-43-41(29)40/h7-26,42H,2-5H2,1,6H3/b13-7-. The van der Waals surface area contributed by atoms with Crippen molar-refractivity contribution in [3.8, 4) is 27.9 Å². The number of benzene rings is 4. The van der Waals surface area contributed by atoms with Crippen molar-refractivity contribution >= 4 is 57.9 Å². The molecule has 6 rings (SSSR count). The van der Waals surface area contributed by atoms with Crippen LogP contribution in [0.4, 0.5) is 5.69 Å². The zero-order valence-electron chi connectivity index (χ0n) is 25.3. The van der Waals surface area contributed by atoms with Crippen molar-refractivity contribution in [2.24, 2.45) is 0 Å². The van der Waals surface area contributed by atoms with Gasteiger partial charge in [0.05, 0.1) is 22.4 Å². The third kappa shape index (κ3) is 4.60. The molecule has 0 aliphatic rings. The van der Waals surface area contributed by atoms with Gasteiger partial charge in [0.15, 0.2) is 0 Å². The first kappa shape index (κ1) is 28.4. The van der Waals surface area contributed by atoms with Gasteiger partial charge in [-0.25, -0.2) is 0 Å². The Morgan fingerprint density at radius 1 is 0.727 bits per heavy atom. The van der Waals surface area contributed by atoms with Gasteiger partial charge >= 0.3 is 0 Å². The third-order valence-electron chi connectivity index (χ3n) is 8.29. The van der Waals surface area contributed by atoms with Gasteiger partial charge < -0.3 is 9.88 Å². The van der Waals surface area contributed by atoms with Gasteiger partial charge in [-0.2, -0.15) is 0 Å². The highest BCUT2D eigenvalue weighted by molar-refractivity contribution is 6.11. The number of rotatable bonds is 9. The molecular formula is C41H35N3. The van der Waals surface area contributed by atoms with E-state index in [-0.39, 0.29) is 0 Å². The lowest BCUT2D eigenvalue weighted by atomic mass is 9.92. The van der Waals surface area contributed by atoms with Crippen LogP contribution in [0.25, 0.3) is 80.1 Å². The summed E-state index contributed by atoms with van der Waals surface area (Å²) in [7, 11) is 1.95. The van der Waals surface area contributed by atoms with E-state index in [0.29, 0.717) is 0 Å². The molecule has 2 heterocycles. The predicted molar refractivity (Wildman–Crippen MR) is 194 cm³/mol. The summed E-state index contributed by atoms with van der Waals surface area (Å²) in [5.41, 5.74) is 13.8. The molecule has 0 aliphatic carbocycles. The van der Waals surface area contributed by atoms with Crippen molar-refractivity contribution in [1.29, 1.82) is 0 Å². The number of aromatic nitrogens is 2. The van der Waals surface area contributed by atoms with Crippen LogP contribution in [0.3, 0.4) is 0 Å². The van der Waals surface area contributed by atoms with Crippen LogP contribution in [0.1, 0.15) is 34.9 Å². The van der Waals surface area contributed by atoms with Crippen LogP contribution in [-0.2, 0) is 0 Å². The predicted octanol–water partition coefficient (Wildman–Crippen LogP) is 11.2. The van der Waals surface area contributed by atoms with E-state index in [0.717, 1.165) is 77.8 Å². The Labute approximate surface area is 259 Å². The molecule has 0 bridgehead atoms. The minimum atomic E-state index is 0.945. The Morgan fingerprint density at radius 3 is 2.14 bits per heavy atom. The number of nitrogens with zero attached hydrogens (tertiary/aromatic N) is 2. The highest BCUT2D eigenvalue weighted by atomic mass is 15.0. The summed E-state index contributed by atoms with van der Waals surface area (Å²) >= 11 is 0.